The average Bonchev–Trinajstić information content (AvgIpc) is 3.57. The molecule has 0 bridgehead atoms. The zero-order valence-corrected chi connectivity index (χ0v) is 19.4. The molecule has 1 N–H and O–H groups in total. The normalized spacial score (nSPS) is 22.4. The second-order valence-electron chi connectivity index (χ2n) is 9.41. The quantitative estimate of drug-likeness (QED) is 0.599. The lowest BCUT2D eigenvalue weighted by Gasteiger charge is -2.46. The fourth-order valence-corrected chi connectivity index (χ4v) is 5.50. The van der Waals surface area contributed by atoms with Gasteiger partial charge in [-0.2, -0.15) is 0 Å². The largest absolute Gasteiger partial charge is 0.479 e. The Balaban J connectivity index is 1.44. The summed E-state index contributed by atoms with van der Waals surface area (Å²) in [5.74, 6) is -2.84. The van der Waals surface area contributed by atoms with Crippen LogP contribution in [0.5, 0.6) is 0 Å². The van der Waals surface area contributed by atoms with Crippen LogP contribution < -0.4 is 4.90 Å². The van der Waals surface area contributed by atoms with E-state index in [0.29, 0.717) is 12.1 Å². The van der Waals surface area contributed by atoms with Crippen molar-refractivity contribution < 1.29 is 37.7 Å². The van der Waals surface area contributed by atoms with Crippen molar-refractivity contribution in [2.45, 2.75) is 56.8 Å². The number of carboxylic acid groups (broad SMARTS) is 1. The monoisotopic (exact) mass is 500 g/mol. The van der Waals surface area contributed by atoms with Gasteiger partial charge in [-0.05, 0) is 49.4 Å². The SMILES string of the molecule is O=C(O)COC(=O)N(C1CC1)[C@H]1c2ccccc2N(C(=O)OCc2ccc(F)cc2F)[C@H]2CCC[C@H]21. The van der Waals surface area contributed by atoms with Crippen molar-refractivity contribution in [3.63, 3.8) is 0 Å². The van der Waals surface area contributed by atoms with Crippen molar-refractivity contribution in [2.75, 3.05) is 11.5 Å². The number of hydrogen-bond donors (Lipinski definition) is 1. The molecule has 1 aliphatic heterocycles. The van der Waals surface area contributed by atoms with Crippen LogP contribution in [0.25, 0.3) is 0 Å². The Morgan fingerprint density at radius 1 is 1.03 bits per heavy atom. The number of rotatable bonds is 6. The molecule has 190 valence electrons. The van der Waals surface area contributed by atoms with E-state index in [9.17, 15) is 23.2 Å². The molecule has 36 heavy (non-hydrogen) atoms. The molecule has 3 aliphatic rings. The summed E-state index contributed by atoms with van der Waals surface area (Å²) < 4.78 is 37.9. The maximum absolute atomic E-state index is 14.1. The third-order valence-corrected chi connectivity index (χ3v) is 7.12. The Morgan fingerprint density at radius 2 is 1.81 bits per heavy atom. The molecule has 8 nitrogen and oxygen atoms in total. The Kier molecular flexibility index (Phi) is 6.51. The van der Waals surface area contributed by atoms with Crippen molar-refractivity contribution in [3.05, 3.63) is 65.2 Å². The smallest absolute Gasteiger partial charge is 0.414 e. The van der Waals surface area contributed by atoms with E-state index >= 15 is 0 Å². The molecule has 2 fully saturated rings. The fourth-order valence-electron chi connectivity index (χ4n) is 5.50. The van der Waals surface area contributed by atoms with E-state index in [1.165, 1.54) is 6.07 Å². The van der Waals surface area contributed by atoms with Crippen LogP contribution in [0.2, 0.25) is 0 Å². The molecule has 1 heterocycles. The number of carbonyl (C=O) groups excluding carboxylic acids is 2. The van der Waals surface area contributed by atoms with Gasteiger partial charge in [0, 0.05) is 29.6 Å². The van der Waals surface area contributed by atoms with Gasteiger partial charge in [-0.1, -0.05) is 24.6 Å². The van der Waals surface area contributed by atoms with Crippen molar-refractivity contribution in [1.82, 2.24) is 4.90 Å². The summed E-state index contributed by atoms with van der Waals surface area (Å²) in [5, 5.41) is 8.98. The predicted octanol–water partition coefficient (Wildman–Crippen LogP) is 5.02. The number of carbonyl (C=O) groups is 3. The number of nitrogens with zero attached hydrogens (tertiary/aromatic N) is 2. The second-order valence-corrected chi connectivity index (χ2v) is 9.41. The highest BCUT2D eigenvalue weighted by atomic mass is 19.1. The summed E-state index contributed by atoms with van der Waals surface area (Å²) in [5.41, 5.74) is 1.41. The number of benzene rings is 2. The van der Waals surface area contributed by atoms with Gasteiger partial charge in [-0.15, -0.1) is 0 Å². The van der Waals surface area contributed by atoms with E-state index in [-0.39, 0.29) is 36.2 Å². The number of para-hydroxylation sites is 1. The zero-order valence-electron chi connectivity index (χ0n) is 19.4. The van der Waals surface area contributed by atoms with Crippen molar-refractivity contribution in [2.24, 2.45) is 5.92 Å². The van der Waals surface area contributed by atoms with Gasteiger partial charge in [-0.3, -0.25) is 9.80 Å². The van der Waals surface area contributed by atoms with Crippen LogP contribution >= 0.6 is 0 Å². The lowest BCUT2D eigenvalue weighted by Crippen LogP contribution is -2.53. The number of ether oxygens (including phenoxy) is 2. The maximum Gasteiger partial charge on any atom is 0.414 e. The van der Waals surface area contributed by atoms with E-state index in [0.717, 1.165) is 43.4 Å². The van der Waals surface area contributed by atoms with Crippen molar-refractivity contribution >= 4 is 23.8 Å². The van der Waals surface area contributed by atoms with Crippen LogP contribution in [0.4, 0.5) is 24.1 Å². The highest BCUT2D eigenvalue weighted by molar-refractivity contribution is 5.91. The number of halogens is 2. The van der Waals surface area contributed by atoms with Crippen LogP contribution in [-0.2, 0) is 20.9 Å². The number of fused-ring (bicyclic) bond motifs is 2. The summed E-state index contributed by atoms with van der Waals surface area (Å²) in [7, 11) is 0. The topological polar surface area (TPSA) is 96.4 Å². The second kappa shape index (κ2) is 9.75. The Hall–Kier alpha value is -3.69. The third-order valence-electron chi connectivity index (χ3n) is 7.12. The molecule has 10 heteroatoms. The zero-order chi connectivity index (χ0) is 25.4. The number of aliphatic carboxylic acids is 1. The molecular formula is C26H26F2N2O6. The van der Waals surface area contributed by atoms with E-state index in [2.05, 4.69) is 0 Å². The molecule has 0 spiro atoms. The van der Waals surface area contributed by atoms with Gasteiger partial charge in [0.25, 0.3) is 0 Å². The van der Waals surface area contributed by atoms with Gasteiger partial charge in [0.1, 0.15) is 18.2 Å². The number of carboxylic acids is 1. The minimum absolute atomic E-state index is 0.0504. The van der Waals surface area contributed by atoms with Crippen LogP contribution in [-0.4, -0.2) is 46.9 Å². The van der Waals surface area contributed by atoms with Crippen LogP contribution in [0.1, 0.15) is 49.3 Å². The predicted molar refractivity (Wildman–Crippen MR) is 123 cm³/mol. The Labute approximate surface area is 206 Å². The molecule has 2 aromatic carbocycles. The van der Waals surface area contributed by atoms with Gasteiger partial charge < -0.3 is 14.6 Å². The first-order valence-electron chi connectivity index (χ1n) is 12.0. The molecule has 5 rings (SSSR count). The van der Waals surface area contributed by atoms with E-state index in [1.54, 1.807) is 21.9 Å². The van der Waals surface area contributed by atoms with Gasteiger partial charge in [0.15, 0.2) is 6.61 Å². The average molecular weight is 500 g/mol. The van der Waals surface area contributed by atoms with Crippen molar-refractivity contribution in [3.8, 4) is 0 Å². The molecule has 2 amide bonds. The molecule has 0 radical (unpaired) electrons. The summed E-state index contributed by atoms with van der Waals surface area (Å²) in [6.07, 6.45) is 2.56. The molecule has 2 aliphatic carbocycles. The minimum atomic E-state index is -1.23. The lowest BCUT2D eigenvalue weighted by molar-refractivity contribution is -0.140. The van der Waals surface area contributed by atoms with Crippen LogP contribution in [0, 0.1) is 17.6 Å². The molecule has 2 aromatic rings. The minimum Gasteiger partial charge on any atom is -0.479 e. The third kappa shape index (κ3) is 4.59. The molecular weight excluding hydrogens is 474 g/mol. The summed E-state index contributed by atoms with van der Waals surface area (Å²) in [4.78, 5) is 40.6. The van der Waals surface area contributed by atoms with Gasteiger partial charge in [0.2, 0.25) is 0 Å². The summed E-state index contributed by atoms with van der Waals surface area (Å²) in [6.45, 7) is -1.07. The van der Waals surface area contributed by atoms with E-state index < -0.39 is 36.4 Å². The molecule has 2 saturated carbocycles. The van der Waals surface area contributed by atoms with Gasteiger partial charge >= 0.3 is 18.2 Å². The highest BCUT2D eigenvalue weighted by Gasteiger charge is 2.52. The molecule has 0 saturated heterocycles. The van der Waals surface area contributed by atoms with Crippen molar-refractivity contribution in [1.29, 1.82) is 0 Å². The summed E-state index contributed by atoms with van der Waals surface area (Å²) in [6, 6.07) is 9.66. The number of anilines is 1. The molecule has 3 atom stereocenters. The Morgan fingerprint density at radius 3 is 2.53 bits per heavy atom. The van der Waals surface area contributed by atoms with Crippen LogP contribution in [0.15, 0.2) is 42.5 Å². The highest BCUT2D eigenvalue weighted by Crippen LogP contribution is 2.52. The number of amides is 2. The first-order valence-corrected chi connectivity index (χ1v) is 12.0. The fraction of sp³-hybridized carbons (Fsp3) is 0.423. The standard InChI is InChI=1S/C26H26F2N2O6/c27-16-9-8-15(20(28)12-16)13-35-26(34)30-21-6-2-1-4-18(21)24(19-5-3-7-22(19)30)29(17-10-11-17)25(33)36-14-23(31)32/h1-2,4,6,8-9,12,17,19,22,24H,3,5,7,10-11,13-14H2,(H,31,32)/t19-,22+,24+/m1/s1. The van der Waals surface area contributed by atoms with E-state index in [1.807, 2.05) is 12.1 Å². The lowest BCUT2D eigenvalue weighted by atomic mass is 9.82. The maximum atomic E-state index is 14.1. The van der Waals surface area contributed by atoms with Gasteiger partial charge in [0.05, 0.1) is 11.7 Å². The number of hydrogen-bond acceptors (Lipinski definition) is 5. The van der Waals surface area contributed by atoms with E-state index in [4.69, 9.17) is 14.6 Å². The summed E-state index contributed by atoms with van der Waals surface area (Å²) >= 11 is 0. The molecule has 0 unspecified atom stereocenters. The first-order chi connectivity index (χ1) is 17.3. The van der Waals surface area contributed by atoms with Crippen LogP contribution in [0.3, 0.4) is 0 Å². The Bertz CT molecular complexity index is 1190. The molecule has 0 aromatic heterocycles. The van der Waals surface area contributed by atoms with Gasteiger partial charge in [-0.25, -0.2) is 23.2 Å². The first kappa shape index (κ1) is 24.0.